The number of nitrogens with one attached hydrogen (secondary N) is 2. The second-order valence-electron chi connectivity index (χ2n) is 7.33. The van der Waals surface area contributed by atoms with Crippen LogP contribution in [-0.4, -0.2) is 59.2 Å². The summed E-state index contributed by atoms with van der Waals surface area (Å²) in [6.07, 6.45) is -4.09. The topological polar surface area (TPSA) is 99.6 Å². The second-order valence-corrected chi connectivity index (χ2v) is 7.33. The lowest BCUT2D eigenvalue weighted by Crippen LogP contribution is -2.39. The molecule has 0 fully saturated rings. The van der Waals surface area contributed by atoms with Crippen LogP contribution in [0.2, 0.25) is 0 Å². The van der Waals surface area contributed by atoms with Crippen molar-refractivity contribution >= 4 is 23.4 Å². The van der Waals surface area contributed by atoms with Crippen molar-refractivity contribution < 1.29 is 32.2 Å². The van der Waals surface area contributed by atoms with Crippen LogP contribution in [0.15, 0.2) is 18.3 Å². The maximum absolute atomic E-state index is 14.7. The highest BCUT2D eigenvalue weighted by Crippen LogP contribution is 2.34. The number of hydrogen-bond donors (Lipinski definition) is 3. The Hall–Kier alpha value is -3.15. The summed E-state index contributed by atoms with van der Waals surface area (Å²) < 4.78 is 58.8. The number of ether oxygens (including phenoxy) is 1. The van der Waals surface area contributed by atoms with E-state index in [1.54, 1.807) is 0 Å². The lowest BCUT2D eigenvalue weighted by Gasteiger charge is -2.26. The average Bonchev–Trinajstić information content (AvgIpc) is 2.66. The van der Waals surface area contributed by atoms with Crippen molar-refractivity contribution in [2.24, 2.45) is 0 Å². The molecule has 0 aliphatic heterocycles. The molecule has 0 bridgehead atoms. The van der Waals surface area contributed by atoms with Gasteiger partial charge in [-0.05, 0) is 19.9 Å². The van der Waals surface area contributed by atoms with Gasteiger partial charge in [0.15, 0.2) is 0 Å². The first-order valence-electron chi connectivity index (χ1n) is 9.01. The summed E-state index contributed by atoms with van der Waals surface area (Å²) in [6.45, 7) is 3.03. The van der Waals surface area contributed by atoms with E-state index in [0.29, 0.717) is 6.20 Å². The minimum atomic E-state index is -4.66. The number of benzene rings is 1. The lowest BCUT2D eigenvalue weighted by molar-refractivity contribution is -0.137. The van der Waals surface area contributed by atoms with E-state index in [0.717, 1.165) is 6.07 Å². The minimum absolute atomic E-state index is 0.0111. The molecule has 170 valence electrons. The number of nitrogens with zero attached hydrogens (tertiary/aromatic N) is 3. The zero-order valence-corrected chi connectivity index (χ0v) is 17.6. The van der Waals surface area contributed by atoms with Gasteiger partial charge in [-0.15, -0.1) is 0 Å². The van der Waals surface area contributed by atoms with Gasteiger partial charge in [-0.25, -0.2) is 9.37 Å². The van der Waals surface area contributed by atoms with Gasteiger partial charge in [0.05, 0.1) is 24.0 Å². The van der Waals surface area contributed by atoms with Gasteiger partial charge in [0.25, 0.3) is 5.91 Å². The number of aliphatic hydroxyl groups is 1. The van der Waals surface area contributed by atoms with Crippen LogP contribution in [0.4, 0.5) is 35.0 Å². The molecule has 12 heteroatoms. The highest BCUT2D eigenvalue weighted by Gasteiger charge is 2.35. The molecule has 0 saturated carbocycles. The molecule has 0 spiro atoms. The van der Waals surface area contributed by atoms with E-state index < -0.39 is 34.9 Å². The normalized spacial score (nSPS) is 11.8. The molecule has 1 heterocycles. The second kappa shape index (κ2) is 8.92. The van der Waals surface area contributed by atoms with Crippen LogP contribution in [0.1, 0.15) is 29.8 Å². The Morgan fingerprint density at radius 1 is 1.29 bits per heavy atom. The molecule has 1 aromatic heterocycles. The standard InChI is InChI=1S/C19H23F4N5O3/c1-18(2,30)9-28(4)16(29)10-6-12(20)13(7-14(10)31-5)26-17-25-8-11(19(21,22)23)15(24-3)27-17/h6-8,30H,9H2,1-5H3,(H2,24,25,26,27). The van der Waals surface area contributed by atoms with Crippen molar-refractivity contribution in [3.8, 4) is 5.75 Å². The van der Waals surface area contributed by atoms with E-state index in [1.807, 2.05) is 0 Å². The third kappa shape index (κ3) is 5.94. The summed E-state index contributed by atoms with van der Waals surface area (Å²) in [7, 11) is 3.98. The number of methoxy groups -OCH3 is 1. The van der Waals surface area contributed by atoms with Crippen LogP contribution in [0.5, 0.6) is 5.75 Å². The molecule has 31 heavy (non-hydrogen) atoms. The Labute approximate surface area is 176 Å². The number of amides is 1. The summed E-state index contributed by atoms with van der Waals surface area (Å²) in [5.41, 5.74) is -2.54. The number of carbonyl (C=O) groups excluding carboxylic acids is 1. The Kier molecular flexibility index (Phi) is 6.94. The molecular weight excluding hydrogens is 422 g/mol. The smallest absolute Gasteiger partial charge is 0.421 e. The number of rotatable bonds is 7. The Morgan fingerprint density at radius 2 is 1.94 bits per heavy atom. The molecule has 0 aliphatic carbocycles. The summed E-state index contributed by atoms with van der Waals surface area (Å²) in [4.78, 5) is 21.1. The van der Waals surface area contributed by atoms with Crippen LogP contribution < -0.4 is 15.4 Å². The summed E-state index contributed by atoms with van der Waals surface area (Å²) >= 11 is 0. The van der Waals surface area contributed by atoms with E-state index in [2.05, 4.69) is 20.6 Å². The van der Waals surface area contributed by atoms with Gasteiger partial charge in [-0.2, -0.15) is 18.2 Å². The number of carbonyl (C=O) groups is 1. The van der Waals surface area contributed by atoms with Crippen LogP contribution in [0, 0.1) is 5.82 Å². The van der Waals surface area contributed by atoms with Gasteiger partial charge in [-0.3, -0.25) is 4.79 Å². The molecule has 1 amide bonds. The first-order valence-corrected chi connectivity index (χ1v) is 9.01. The quantitative estimate of drug-likeness (QED) is 0.563. The van der Waals surface area contributed by atoms with Gasteiger partial charge < -0.3 is 25.4 Å². The number of alkyl halides is 3. The number of likely N-dealkylation sites (N-methyl/N-ethyl adjacent to an activating group) is 1. The lowest BCUT2D eigenvalue weighted by atomic mass is 10.1. The Morgan fingerprint density at radius 3 is 2.45 bits per heavy atom. The maximum Gasteiger partial charge on any atom is 0.421 e. The predicted octanol–water partition coefficient (Wildman–Crippen LogP) is 3.27. The molecule has 1 aromatic carbocycles. The van der Waals surface area contributed by atoms with Crippen molar-refractivity contribution in [2.75, 3.05) is 38.4 Å². The van der Waals surface area contributed by atoms with Crippen molar-refractivity contribution in [1.29, 1.82) is 0 Å². The Balaban J connectivity index is 2.37. The third-order valence-corrected chi connectivity index (χ3v) is 4.07. The van der Waals surface area contributed by atoms with Gasteiger partial charge in [0.1, 0.15) is 22.9 Å². The molecule has 2 aromatic rings. The van der Waals surface area contributed by atoms with E-state index in [1.165, 1.54) is 46.0 Å². The van der Waals surface area contributed by atoms with E-state index >= 15 is 0 Å². The van der Waals surface area contributed by atoms with E-state index in [-0.39, 0.29) is 29.5 Å². The van der Waals surface area contributed by atoms with E-state index in [4.69, 9.17) is 4.74 Å². The number of hydrogen-bond acceptors (Lipinski definition) is 7. The molecule has 0 saturated heterocycles. The number of halogens is 4. The maximum atomic E-state index is 14.7. The van der Waals surface area contributed by atoms with E-state index in [9.17, 15) is 27.5 Å². The fourth-order valence-electron chi connectivity index (χ4n) is 2.80. The SMILES string of the molecule is CNc1nc(Nc2cc(OC)c(C(=O)N(C)CC(C)(C)O)cc2F)ncc1C(F)(F)F. The van der Waals surface area contributed by atoms with Crippen molar-refractivity contribution in [2.45, 2.75) is 25.6 Å². The van der Waals surface area contributed by atoms with Gasteiger partial charge in [-0.1, -0.05) is 0 Å². The Bertz CT molecular complexity index is 961. The van der Waals surface area contributed by atoms with Crippen LogP contribution in [-0.2, 0) is 6.18 Å². The van der Waals surface area contributed by atoms with Crippen LogP contribution in [0.25, 0.3) is 0 Å². The molecule has 3 N–H and O–H groups in total. The molecule has 0 aliphatic rings. The highest BCUT2D eigenvalue weighted by atomic mass is 19.4. The average molecular weight is 445 g/mol. The third-order valence-electron chi connectivity index (χ3n) is 4.07. The molecule has 0 radical (unpaired) electrons. The fourth-order valence-corrected chi connectivity index (χ4v) is 2.80. The van der Waals surface area contributed by atoms with Crippen LogP contribution in [0.3, 0.4) is 0 Å². The summed E-state index contributed by atoms with van der Waals surface area (Å²) in [5, 5.41) is 14.7. The predicted molar refractivity (Wildman–Crippen MR) is 106 cm³/mol. The van der Waals surface area contributed by atoms with Crippen molar-refractivity contribution in [3.63, 3.8) is 0 Å². The van der Waals surface area contributed by atoms with Gasteiger partial charge in [0, 0.05) is 32.9 Å². The highest BCUT2D eigenvalue weighted by molar-refractivity contribution is 5.97. The minimum Gasteiger partial charge on any atom is -0.496 e. The summed E-state index contributed by atoms with van der Waals surface area (Å²) in [5.74, 6) is -2.24. The number of anilines is 3. The number of aromatic nitrogens is 2. The van der Waals surface area contributed by atoms with Crippen molar-refractivity contribution in [1.82, 2.24) is 14.9 Å². The fraction of sp³-hybridized carbons (Fsp3) is 0.421. The molecule has 8 nitrogen and oxygen atoms in total. The zero-order chi connectivity index (χ0) is 23.6. The molecular formula is C19H23F4N5O3. The monoisotopic (exact) mass is 445 g/mol. The first kappa shape index (κ1) is 24.1. The molecule has 0 atom stereocenters. The first-order chi connectivity index (χ1) is 14.3. The van der Waals surface area contributed by atoms with Crippen molar-refractivity contribution in [3.05, 3.63) is 35.3 Å². The zero-order valence-electron chi connectivity index (χ0n) is 17.6. The van der Waals surface area contributed by atoms with Crippen LogP contribution >= 0.6 is 0 Å². The molecule has 2 rings (SSSR count). The summed E-state index contributed by atoms with van der Waals surface area (Å²) in [6, 6.07) is 2.09. The largest absolute Gasteiger partial charge is 0.496 e. The van der Waals surface area contributed by atoms with Gasteiger partial charge in [0.2, 0.25) is 5.95 Å². The van der Waals surface area contributed by atoms with Gasteiger partial charge >= 0.3 is 6.18 Å². The molecule has 0 unspecified atom stereocenters.